The second kappa shape index (κ2) is 8.97. The molecule has 0 aliphatic carbocycles. The Morgan fingerprint density at radius 2 is 1.94 bits per heavy atom. The zero-order valence-electron chi connectivity index (χ0n) is 16.9. The van der Waals surface area contributed by atoms with Crippen molar-refractivity contribution in [3.8, 4) is 0 Å². The summed E-state index contributed by atoms with van der Waals surface area (Å²) in [6, 6.07) is 8.18. The fourth-order valence-electron chi connectivity index (χ4n) is 3.80. The number of carboxylic acids is 1. The van der Waals surface area contributed by atoms with Crippen LogP contribution >= 0.6 is 0 Å². The summed E-state index contributed by atoms with van der Waals surface area (Å²) in [6.07, 6.45) is -3.25. The van der Waals surface area contributed by atoms with Crippen molar-refractivity contribution in [1.82, 2.24) is 4.90 Å². The highest BCUT2D eigenvalue weighted by atomic mass is 19.4. The second-order valence-electron chi connectivity index (χ2n) is 7.54. The molecule has 1 atom stereocenters. The van der Waals surface area contributed by atoms with Gasteiger partial charge in [0.05, 0.1) is 30.3 Å². The van der Waals surface area contributed by atoms with Gasteiger partial charge in [0.1, 0.15) is 0 Å². The van der Waals surface area contributed by atoms with Crippen LogP contribution in [0.1, 0.15) is 39.9 Å². The number of carbonyl (C=O) groups is 2. The van der Waals surface area contributed by atoms with E-state index in [2.05, 4.69) is 0 Å². The first kappa shape index (κ1) is 22.6. The standard InChI is InChI=1S/C22H23F3N2O4/c1-14-10-15(7-8-19(14)20(29)30)12-27(21(31)26-9-3-6-18(26)13-28)17-5-2-4-16(11-17)22(23,24)25/h2,4-5,7-8,10-11,18,28H,3,6,9,12-13H2,1H3,(H,29,30)/t18-/m1/s1. The molecule has 1 saturated heterocycles. The van der Waals surface area contributed by atoms with Crippen LogP contribution in [0.2, 0.25) is 0 Å². The van der Waals surface area contributed by atoms with Gasteiger partial charge in [-0.15, -0.1) is 0 Å². The molecule has 3 rings (SSSR count). The number of carbonyl (C=O) groups excluding carboxylic acids is 1. The lowest BCUT2D eigenvalue weighted by molar-refractivity contribution is -0.137. The number of nitrogens with zero attached hydrogens (tertiary/aromatic N) is 2. The van der Waals surface area contributed by atoms with Gasteiger partial charge in [-0.3, -0.25) is 4.90 Å². The third-order valence-corrected chi connectivity index (χ3v) is 5.41. The fraction of sp³-hybridized carbons (Fsp3) is 0.364. The van der Waals surface area contributed by atoms with E-state index in [1.807, 2.05) is 0 Å². The van der Waals surface area contributed by atoms with Crippen LogP contribution in [0.4, 0.5) is 23.7 Å². The lowest BCUT2D eigenvalue weighted by atomic mass is 10.0. The molecule has 0 spiro atoms. The molecule has 1 fully saturated rings. The smallest absolute Gasteiger partial charge is 0.416 e. The molecule has 31 heavy (non-hydrogen) atoms. The van der Waals surface area contributed by atoms with Gasteiger partial charge in [0.15, 0.2) is 0 Å². The van der Waals surface area contributed by atoms with E-state index in [1.54, 1.807) is 13.0 Å². The minimum atomic E-state index is -4.56. The molecule has 6 nitrogen and oxygen atoms in total. The number of carboxylic acid groups (broad SMARTS) is 1. The lowest BCUT2D eigenvalue weighted by Crippen LogP contribution is -2.46. The van der Waals surface area contributed by atoms with Gasteiger partial charge in [-0.2, -0.15) is 13.2 Å². The molecule has 1 heterocycles. The van der Waals surface area contributed by atoms with Crippen molar-refractivity contribution < 1.29 is 33.0 Å². The molecular weight excluding hydrogens is 413 g/mol. The summed E-state index contributed by atoms with van der Waals surface area (Å²) in [5.41, 5.74) is 0.369. The van der Waals surface area contributed by atoms with E-state index in [0.717, 1.165) is 12.1 Å². The van der Waals surface area contributed by atoms with Gasteiger partial charge in [-0.1, -0.05) is 18.2 Å². The van der Waals surface area contributed by atoms with Gasteiger partial charge in [-0.05, 0) is 55.2 Å². The first-order valence-electron chi connectivity index (χ1n) is 9.81. The quantitative estimate of drug-likeness (QED) is 0.733. The normalized spacial score (nSPS) is 16.4. The number of aromatic carboxylic acids is 1. The van der Waals surface area contributed by atoms with Crippen LogP contribution < -0.4 is 4.90 Å². The molecule has 2 aromatic rings. The van der Waals surface area contributed by atoms with Gasteiger partial charge in [0.25, 0.3) is 0 Å². The van der Waals surface area contributed by atoms with Crippen LogP contribution in [-0.4, -0.2) is 46.3 Å². The summed E-state index contributed by atoms with van der Waals surface area (Å²) in [5, 5.41) is 18.8. The van der Waals surface area contributed by atoms with Gasteiger partial charge >= 0.3 is 18.2 Å². The van der Waals surface area contributed by atoms with Crippen LogP contribution in [0.3, 0.4) is 0 Å². The van der Waals surface area contributed by atoms with Crippen molar-refractivity contribution in [3.05, 3.63) is 64.7 Å². The minimum absolute atomic E-state index is 0.0461. The Hall–Kier alpha value is -3.07. The van der Waals surface area contributed by atoms with Gasteiger partial charge in [0.2, 0.25) is 0 Å². The maximum atomic E-state index is 13.3. The Balaban J connectivity index is 2.00. The molecule has 0 bridgehead atoms. The van der Waals surface area contributed by atoms with Crippen LogP contribution in [0.5, 0.6) is 0 Å². The Bertz CT molecular complexity index is 977. The Kier molecular flexibility index (Phi) is 6.54. The molecule has 0 saturated carbocycles. The van der Waals surface area contributed by atoms with Crippen molar-refractivity contribution in [2.75, 3.05) is 18.1 Å². The number of benzene rings is 2. The first-order chi connectivity index (χ1) is 14.6. The van der Waals surface area contributed by atoms with E-state index in [0.29, 0.717) is 30.5 Å². The number of likely N-dealkylation sites (tertiary alicyclic amines) is 1. The molecule has 2 amide bonds. The summed E-state index contributed by atoms with van der Waals surface area (Å²) in [4.78, 5) is 27.3. The molecule has 1 aliphatic heterocycles. The largest absolute Gasteiger partial charge is 0.478 e. The number of anilines is 1. The molecule has 0 radical (unpaired) electrons. The predicted octanol–water partition coefficient (Wildman–Crippen LogP) is 4.30. The van der Waals surface area contributed by atoms with E-state index in [4.69, 9.17) is 0 Å². The molecule has 166 valence electrons. The van der Waals surface area contributed by atoms with Gasteiger partial charge in [-0.25, -0.2) is 9.59 Å². The van der Waals surface area contributed by atoms with E-state index < -0.39 is 29.8 Å². The highest BCUT2D eigenvalue weighted by molar-refractivity contribution is 5.93. The summed E-state index contributed by atoms with van der Waals surface area (Å²) in [5.74, 6) is -1.09. The molecule has 2 N–H and O–H groups in total. The SMILES string of the molecule is Cc1cc(CN(C(=O)N2CCC[C@@H]2CO)c2cccc(C(F)(F)F)c2)ccc1C(=O)O. The van der Waals surface area contributed by atoms with Gasteiger partial charge < -0.3 is 15.1 Å². The third kappa shape index (κ3) is 4.99. The molecular formula is C22H23F3N2O4. The first-order valence-corrected chi connectivity index (χ1v) is 9.81. The van der Waals surface area contributed by atoms with Crippen molar-refractivity contribution >= 4 is 17.7 Å². The van der Waals surface area contributed by atoms with Crippen molar-refractivity contribution in [3.63, 3.8) is 0 Å². The van der Waals surface area contributed by atoms with Crippen molar-refractivity contribution in [2.45, 2.75) is 38.5 Å². The number of alkyl halides is 3. The molecule has 1 aliphatic rings. The molecule has 9 heteroatoms. The van der Waals surface area contributed by atoms with E-state index in [9.17, 15) is 33.0 Å². The average Bonchev–Trinajstić information content (AvgIpc) is 3.19. The number of hydrogen-bond acceptors (Lipinski definition) is 3. The number of aryl methyl sites for hydroxylation is 1. The number of hydrogen-bond donors (Lipinski definition) is 2. The minimum Gasteiger partial charge on any atom is -0.478 e. The number of amides is 2. The maximum Gasteiger partial charge on any atom is 0.416 e. The number of urea groups is 1. The predicted molar refractivity (Wildman–Crippen MR) is 108 cm³/mol. The zero-order valence-corrected chi connectivity index (χ0v) is 16.9. The van der Waals surface area contributed by atoms with Gasteiger partial charge in [0, 0.05) is 12.2 Å². The third-order valence-electron chi connectivity index (χ3n) is 5.41. The summed E-state index contributed by atoms with van der Waals surface area (Å²) < 4.78 is 39.7. The molecule has 0 unspecified atom stereocenters. The van der Waals surface area contributed by atoms with E-state index in [-0.39, 0.29) is 24.4 Å². The van der Waals surface area contributed by atoms with Crippen LogP contribution in [0, 0.1) is 6.92 Å². The Labute approximate surface area is 177 Å². The van der Waals surface area contributed by atoms with Crippen molar-refractivity contribution in [1.29, 1.82) is 0 Å². The zero-order chi connectivity index (χ0) is 22.8. The van der Waals surface area contributed by atoms with E-state index in [1.165, 1.54) is 34.1 Å². The van der Waals surface area contributed by atoms with Crippen LogP contribution in [0.15, 0.2) is 42.5 Å². The van der Waals surface area contributed by atoms with E-state index >= 15 is 0 Å². The number of aliphatic hydroxyl groups excluding tert-OH is 1. The molecule has 0 aromatic heterocycles. The summed E-state index contributed by atoms with van der Waals surface area (Å²) >= 11 is 0. The Morgan fingerprint density at radius 1 is 1.19 bits per heavy atom. The monoisotopic (exact) mass is 436 g/mol. The second-order valence-corrected chi connectivity index (χ2v) is 7.54. The van der Waals surface area contributed by atoms with Crippen LogP contribution in [0.25, 0.3) is 0 Å². The highest BCUT2D eigenvalue weighted by Gasteiger charge is 2.34. The number of halogens is 3. The molecule has 2 aromatic carbocycles. The topological polar surface area (TPSA) is 81.1 Å². The fourth-order valence-corrected chi connectivity index (χ4v) is 3.80. The van der Waals surface area contributed by atoms with Crippen LogP contribution in [-0.2, 0) is 12.7 Å². The number of aliphatic hydroxyl groups is 1. The lowest BCUT2D eigenvalue weighted by Gasteiger charge is -2.32. The Morgan fingerprint density at radius 3 is 2.55 bits per heavy atom. The highest BCUT2D eigenvalue weighted by Crippen LogP contribution is 2.33. The van der Waals surface area contributed by atoms with Crippen molar-refractivity contribution in [2.24, 2.45) is 0 Å². The maximum absolute atomic E-state index is 13.3. The number of rotatable bonds is 5. The summed E-state index contributed by atoms with van der Waals surface area (Å²) in [6.45, 7) is 1.74. The summed E-state index contributed by atoms with van der Waals surface area (Å²) in [7, 11) is 0. The average molecular weight is 436 g/mol.